The lowest BCUT2D eigenvalue weighted by Gasteiger charge is -2.55. The van der Waals surface area contributed by atoms with Crippen LogP contribution < -0.4 is 5.32 Å². The Morgan fingerprint density at radius 2 is 1.64 bits per heavy atom. The van der Waals surface area contributed by atoms with Crippen LogP contribution in [-0.4, -0.2) is 19.0 Å². The molecule has 1 aromatic carbocycles. The van der Waals surface area contributed by atoms with Crippen LogP contribution in [0.3, 0.4) is 0 Å². The molecular weight excluding hydrogens is 314 g/mol. The fraction of sp³-hybridized carbons (Fsp3) is 0.619. The molecule has 0 radical (unpaired) electrons. The van der Waals surface area contributed by atoms with Gasteiger partial charge in [0, 0.05) is 5.69 Å². The summed E-state index contributed by atoms with van der Waals surface area (Å²) in [5.41, 5.74) is 1.39. The monoisotopic (exact) mass is 341 g/mol. The summed E-state index contributed by atoms with van der Waals surface area (Å²) in [7, 11) is 1.40. The third-order valence-corrected chi connectivity index (χ3v) is 6.75. The highest BCUT2D eigenvalue weighted by molar-refractivity contribution is 5.97. The number of hydrogen-bond donors (Lipinski definition) is 1. The molecule has 4 aliphatic carbocycles. The number of carbonyl (C=O) groups excluding carboxylic acids is 2. The smallest absolute Gasteiger partial charge is 0.312 e. The second-order valence-corrected chi connectivity index (χ2v) is 8.48. The molecule has 4 saturated carbocycles. The predicted octanol–water partition coefficient (Wildman–Crippen LogP) is 4.12. The van der Waals surface area contributed by atoms with Gasteiger partial charge in [0.25, 0.3) is 0 Å². The highest BCUT2D eigenvalue weighted by atomic mass is 16.5. The molecule has 5 rings (SSSR count). The van der Waals surface area contributed by atoms with E-state index in [-0.39, 0.29) is 17.3 Å². The first-order valence-corrected chi connectivity index (χ1v) is 9.49. The van der Waals surface area contributed by atoms with Crippen LogP contribution in [0.5, 0.6) is 0 Å². The Balaban J connectivity index is 1.57. The Labute approximate surface area is 149 Å². The molecule has 4 fully saturated rings. The zero-order valence-corrected chi connectivity index (χ0v) is 15.1. The minimum absolute atomic E-state index is 0.163. The average Bonchev–Trinajstić information content (AvgIpc) is 2.59. The second kappa shape index (κ2) is 6.15. The average molecular weight is 341 g/mol. The van der Waals surface area contributed by atoms with Crippen LogP contribution in [0.1, 0.15) is 56.9 Å². The van der Waals surface area contributed by atoms with Crippen molar-refractivity contribution in [1.29, 1.82) is 0 Å². The number of methoxy groups -OCH3 is 1. The molecular formula is C21H27NO3. The molecule has 4 heteroatoms. The van der Waals surface area contributed by atoms with E-state index in [1.807, 2.05) is 31.2 Å². The molecule has 134 valence electrons. The first-order valence-electron chi connectivity index (χ1n) is 9.49. The Morgan fingerprint density at radius 1 is 1.08 bits per heavy atom. The Hall–Kier alpha value is -1.84. The van der Waals surface area contributed by atoms with E-state index in [0.29, 0.717) is 0 Å². The molecule has 4 bridgehead atoms. The van der Waals surface area contributed by atoms with Crippen molar-refractivity contribution in [2.24, 2.45) is 23.2 Å². The molecule has 0 aromatic heterocycles. The number of para-hydroxylation sites is 1. The summed E-state index contributed by atoms with van der Waals surface area (Å²) < 4.78 is 4.88. The summed E-state index contributed by atoms with van der Waals surface area (Å²) >= 11 is 0. The van der Waals surface area contributed by atoms with Crippen LogP contribution in [0.4, 0.5) is 5.69 Å². The number of nitrogens with one attached hydrogen (secondary N) is 1. The summed E-state index contributed by atoms with van der Waals surface area (Å²) in [5.74, 6) is 1.70. The summed E-state index contributed by atoms with van der Waals surface area (Å²) in [5, 5.41) is 3.18. The van der Waals surface area contributed by atoms with Crippen molar-refractivity contribution < 1.29 is 14.3 Å². The van der Waals surface area contributed by atoms with Gasteiger partial charge in [-0.2, -0.15) is 0 Å². The van der Waals surface area contributed by atoms with E-state index in [4.69, 9.17) is 4.74 Å². The molecule has 1 aromatic rings. The van der Waals surface area contributed by atoms with Gasteiger partial charge >= 0.3 is 5.97 Å². The van der Waals surface area contributed by atoms with Crippen LogP contribution in [0.2, 0.25) is 0 Å². The van der Waals surface area contributed by atoms with Crippen LogP contribution in [0, 0.1) is 23.2 Å². The molecule has 0 spiro atoms. The van der Waals surface area contributed by atoms with Crippen molar-refractivity contribution in [2.75, 3.05) is 12.4 Å². The van der Waals surface area contributed by atoms with E-state index >= 15 is 0 Å². The van der Waals surface area contributed by atoms with Crippen LogP contribution in [0.15, 0.2) is 24.3 Å². The summed E-state index contributed by atoms with van der Waals surface area (Å²) in [6.07, 6.45) is 7.09. The minimum Gasteiger partial charge on any atom is -0.469 e. The lowest BCUT2D eigenvalue weighted by molar-refractivity contribution is -0.142. The van der Waals surface area contributed by atoms with Gasteiger partial charge in [0.1, 0.15) is 0 Å². The zero-order valence-electron chi connectivity index (χ0n) is 15.1. The normalized spacial score (nSPS) is 33.8. The van der Waals surface area contributed by atoms with Gasteiger partial charge in [-0.3, -0.25) is 9.59 Å². The molecule has 4 aliphatic rings. The molecule has 1 N–H and O–H groups in total. The zero-order chi connectivity index (χ0) is 17.6. The van der Waals surface area contributed by atoms with Gasteiger partial charge in [-0.1, -0.05) is 18.2 Å². The number of amides is 1. The van der Waals surface area contributed by atoms with Crippen molar-refractivity contribution in [3.63, 3.8) is 0 Å². The first kappa shape index (κ1) is 16.6. The number of carbonyl (C=O) groups is 2. The van der Waals surface area contributed by atoms with Gasteiger partial charge < -0.3 is 10.1 Å². The number of ether oxygens (including phenoxy) is 1. The molecule has 0 saturated heterocycles. The van der Waals surface area contributed by atoms with Gasteiger partial charge in [-0.15, -0.1) is 0 Å². The molecule has 1 unspecified atom stereocenters. The van der Waals surface area contributed by atoms with Gasteiger partial charge in [0.15, 0.2) is 0 Å². The number of esters is 1. The van der Waals surface area contributed by atoms with E-state index in [9.17, 15) is 9.59 Å². The van der Waals surface area contributed by atoms with Gasteiger partial charge in [0.2, 0.25) is 5.91 Å². The number of hydrogen-bond acceptors (Lipinski definition) is 3. The summed E-state index contributed by atoms with van der Waals surface area (Å²) in [4.78, 5) is 25.2. The number of benzene rings is 1. The Bertz CT molecular complexity index is 661. The predicted molar refractivity (Wildman–Crippen MR) is 96.1 cm³/mol. The van der Waals surface area contributed by atoms with Crippen molar-refractivity contribution in [2.45, 2.75) is 51.4 Å². The molecule has 1 atom stereocenters. The van der Waals surface area contributed by atoms with Crippen LogP contribution in [0.25, 0.3) is 0 Å². The molecule has 0 aliphatic heterocycles. The van der Waals surface area contributed by atoms with E-state index in [2.05, 4.69) is 5.32 Å². The molecule has 0 heterocycles. The third kappa shape index (κ3) is 2.86. The topological polar surface area (TPSA) is 55.4 Å². The second-order valence-electron chi connectivity index (χ2n) is 8.48. The molecule has 25 heavy (non-hydrogen) atoms. The SMILES string of the molecule is COC(=O)C(C)c1ccccc1NC(=O)C12CC3CC(CC(C3)C1)C2. The third-order valence-electron chi connectivity index (χ3n) is 6.75. The molecule has 4 nitrogen and oxygen atoms in total. The van der Waals surface area contributed by atoms with E-state index in [1.165, 1.54) is 26.4 Å². The van der Waals surface area contributed by atoms with E-state index in [0.717, 1.165) is 48.3 Å². The van der Waals surface area contributed by atoms with Crippen molar-refractivity contribution in [3.8, 4) is 0 Å². The van der Waals surface area contributed by atoms with Gasteiger partial charge in [-0.05, 0) is 74.8 Å². The largest absolute Gasteiger partial charge is 0.469 e. The van der Waals surface area contributed by atoms with Crippen molar-refractivity contribution >= 4 is 17.6 Å². The lowest BCUT2D eigenvalue weighted by Crippen LogP contribution is -2.51. The van der Waals surface area contributed by atoms with Gasteiger partial charge in [-0.25, -0.2) is 0 Å². The maximum absolute atomic E-state index is 13.3. The Morgan fingerprint density at radius 3 is 2.20 bits per heavy atom. The quantitative estimate of drug-likeness (QED) is 0.838. The van der Waals surface area contributed by atoms with Crippen molar-refractivity contribution in [3.05, 3.63) is 29.8 Å². The fourth-order valence-corrected chi connectivity index (χ4v) is 5.94. The Kier molecular flexibility index (Phi) is 4.09. The van der Waals surface area contributed by atoms with Crippen LogP contribution >= 0.6 is 0 Å². The summed E-state index contributed by atoms with van der Waals surface area (Å²) in [6, 6.07) is 7.60. The lowest BCUT2D eigenvalue weighted by atomic mass is 9.49. The number of anilines is 1. The van der Waals surface area contributed by atoms with Gasteiger partial charge in [0.05, 0.1) is 18.4 Å². The van der Waals surface area contributed by atoms with Crippen molar-refractivity contribution in [1.82, 2.24) is 0 Å². The summed E-state index contributed by atoms with van der Waals surface area (Å²) in [6.45, 7) is 1.82. The maximum Gasteiger partial charge on any atom is 0.312 e. The maximum atomic E-state index is 13.3. The number of rotatable bonds is 4. The molecule has 1 amide bonds. The van der Waals surface area contributed by atoms with E-state index in [1.54, 1.807) is 0 Å². The van der Waals surface area contributed by atoms with Crippen LogP contribution in [-0.2, 0) is 14.3 Å². The minimum atomic E-state index is -0.391. The highest BCUT2D eigenvalue weighted by Crippen LogP contribution is 2.60. The van der Waals surface area contributed by atoms with E-state index < -0.39 is 5.92 Å². The first-order chi connectivity index (χ1) is 12.0. The fourth-order valence-electron chi connectivity index (χ4n) is 5.94. The standard InChI is InChI=1S/C21H27NO3/c1-13(19(23)25-2)17-5-3-4-6-18(17)22-20(24)21-10-14-7-15(11-21)9-16(8-14)12-21/h3-6,13-16H,7-12H2,1-2H3,(H,22,24). The highest BCUT2D eigenvalue weighted by Gasteiger charge is 2.54.